The zero-order chi connectivity index (χ0) is 25.2. The number of benzene rings is 2. The summed E-state index contributed by atoms with van der Waals surface area (Å²) in [5.74, 6) is 1.34. The van der Waals surface area contributed by atoms with Crippen molar-refractivity contribution >= 4 is 11.7 Å². The van der Waals surface area contributed by atoms with Gasteiger partial charge in [-0.05, 0) is 66.9 Å². The lowest BCUT2D eigenvalue weighted by Crippen LogP contribution is -2.45. The summed E-state index contributed by atoms with van der Waals surface area (Å²) in [4.78, 5) is 20.0. The second kappa shape index (κ2) is 10.5. The standard InChI is InChI=1S/C31H37N5O/c1-24-20-27(25-8-4-2-5-9-25)12-13-28(24)22-33-16-18-34(19-17-33)30(26-10-11-26)36-23-29(21-32-36)31(37)35-14-6-3-7-15-35/h2,4-5,8-9,12-13,20-21,23H,3,6-7,10-11,14-19,22H2,1H3. The number of hydrogen-bond donors (Lipinski definition) is 0. The van der Waals surface area contributed by atoms with Crippen LogP contribution in [0.3, 0.4) is 0 Å². The van der Waals surface area contributed by atoms with Crippen molar-refractivity contribution in [3.05, 3.63) is 83.2 Å². The first kappa shape index (κ1) is 24.0. The van der Waals surface area contributed by atoms with E-state index >= 15 is 0 Å². The molecule has 6 rings (SSSR count). The largest absolute Gasteiger partial charge is 0.354 e. The van der Waals surface area contributed by atoms with E-state index in [1.165, 1.54) is 40.1 Å². The third kappa shape index (κ3) is 5.35. The summed E-state index contributed by atoms with van der Waals surface area (Å²) in [6.45, 7) is 8.97. The summed E-state index contributed by atoms with van der Waals surface area (Å²) < 4.78 is 1.97. The highest BCUT2D eigenvalue weighted by Gasteiger charge is 2.28. The van der Waals surface area contributed by atoms with Crippen molar-refractivity contribution in [3.8, 4) is 11.1 Å². The molecule has 1 amide bonds. The van der Waals surface area contributed by atoms with Crippen molar-refractivity contribution in [2.24, 2.45) is 0 Å². The van der Waals surface area contributed by atoms with Crippen molar-refractivity contribution in [3.63, 3.8) is 0 Å². The fourth-order valence-electron chi connectivity index (χ4n) is 5.69. The highest BCUT2D eigenvalue weighted by atomic mass is 16.2. The Kier molecular flexibility index (Phi) is 6.83. The third-order valence-corrected chi connectivity index (χ3v) is 8.02. The SMILES string of the molecule is Cc1cc(-c2ccccc2)ccc1CN1CCN(C(=C2CC2)n2cc(C(=O)N3CCCCC3)cn2)CC1. The van der Waals surface area contributed by atoms with Crippen LogP contribution in [0.2, 0.25) is 0 Å². The first-order valence-electron chi connectivity index (χ1n) is 13.8. The molecule has 0 bridgehead atoms. The van der Waals surface area contributed by atoms with Crippen molar-refractivity contribution in [2.75, 3.05) is 39.3 Å². The minimum absolute atomic E-state index is 0.129. The lowest BCUT2D eigenvalue weighted by atomic mass is 9.99. The lowest BCUT2D eigenvalue weighted by Gasteiger charge is -2.37. The number of piperidine rings is 1. The van der Waals surface area contributed by atoms with E-state index in [2.05, 4.69) is 70.4 Å². The molecular formula is C31H37N5O. The maximum Gasteiger partial charge on any atom is 0.257 e. The molecule has 3 fully saturated rings. The Labute approximate surface area is 220 Å². The second-order valence-electron chi connectivity index (χ2n) is 10.7. The lowest BCUT2D eigenvalue weighted by molar-refractivity contribution is 0.0724. The van der Waals surface area contributed by atoms with E-state index < -0.39 is 0 Å². The van der Waals surface area contributed by atoms with Crippen molar-refractivity contribution < 1.29 is 4.79 Å². The first-order valence-corrected chi connectivity index (χ1v) is 13.8. The molecule has 37 heavy (non-hydrogen) atoms. The first-order chi connectivity index (χ1) is 18.2. The molecule has 2 saturated heterocycles. The summed E-state index contributed by atoms with van der Waals surface area (Å²) in [7, 11) is 0. The number of nitrogens with zero attached hydrogens (tertiary/aromatic N) is 5. The normalized spacial score (nSPS) is 18.2. The van der Waals surface area contributed by atoms with Crippen LogP contribution >= 0.6 is 0 Å². The number of carbonyl (C=O) groups is 1. The molecule has 6 heteroatoms. The predicted octanol–water partition coefficient (Wildman–Crippen LogP) is 5.26. The number of allylic oxidation sites excluding steroid dienone is 1. The van der Waals surface area contributed by atoms with Crippen molar-refractivity contribution in [2.45, 2.75) is 45.6 Å². The average molecular weight is 496 g/mol. The van der Waals surface area contributed by atoms with E-state index in [0.29, 0.717) is 5.56 Å². The third-order valence-electron chi connectivity index (χ3n) is 8.02. The minimum Gasteiger partial charge on any atom is -0.354 e. The van der Waals surface area contributed by atoms with E-state index in [4.69, 9.17) is 0 Å². The van der Waals surface area contributed by atoms with Crippen LogP contribution in [0.5, 0.6) is 0 Å². The number of amides is 1. The summed E-state index contributed by atoms with van der Waals surface area (Å²) in [5.41, 5.74) is 7.49. The summed E-state index contributed by atoms with van der Waals surface area (Å²) in [5, 5.41) is 4.66. The zero-order valence-corrected chi connectivity index (χ0v) is 21.9. The van der Waals surface area contributed by atoms with E-state index in [1.54, 1.807) is 6.20 Å². The van der Waals surface area contributed by atoms with Gasteiger partial charge in [-0.2, -0.15) is 5.10 Å². The monoisotopic (exact) mass is 495 g/mol. The number of piperazine rings is 1. The van der Waals surface area contributed by atoms with Crippen molar-refractivity contribution in [1.29, 1.82) is 0 Å². The summed E-state index contributed by atoms with van der Waals surface area (Å²) >= 11 is 0. The van der Waals surface area contributed by atoms with Crippen LogP contribution in [0.1, 0.15) is 53.6 Å². The number of aryl methyl sites for hydroxylation is 1. The maximum atomic E-state index is 13.0. The Balaban J connectivity index is 1.09. The Morgan fingerprint density at radius 2 is 1.59 bits per heavy atom. The van der Waals surface area contributed by atoms with Gasteiger partial charge in [0.2, 0.25) is 0 Å². The molecule has 3 aliphatic rings. The molecule has 0 radical (unpaired) electrons. The van der Waals surface area contributed by atoms with Gasteiger partial charge in [-0.25, -0.2) is 4.68 Å². The highest BCUT2D eigenvalue weighted by Crippen LogP contribution is 2.36. The predicted molar refractivity (Wildman–Crippen MR) is 148 cm³/mol. The molecule has 0 unspecified atom stereocenters. The van der Waals surface area contributed by atoms with Gasteiger partial charge in [0.05, 0.1) is 11.8 Å². The van der Waals surface area contributed by atoms with Crippen LogP contribution in [0.4, 0.5) is 0 Å². The second-order valence-corrected chi connectivity index (χ2v) is 10.7. The van der Waals surface area contributed by atoms with E-state index in [0.717, 1.165) is 71.5 Å². The number of carbonyl (C=O) groups excluding carboxylic acids is 1. The Bertz CT molecular complexity index is 1270. The van der Waals surface area contributed by atoms with Crippen LogP contribution in [-0.4, -0.2) is 69.7 Å². The number of rotatable bonds is 6. The molecule has 6 nitrogen and oxygen atoms in total. The van der Waals surface area contributed by atoms with E-state index in [9.17, 15) is 4.79 Å². The molecule has 1 aromatic heterocycles. The van der Waals surface area contributed by atoms with Gasteiger partial charge in [-0.3, -0.25) is 9.69 Å². The summed E-state index contributed by atoms with van der Waals surface area (Å²) in [6, 6.07) is 17.5. The number of aromatic nitrogens is 2. The van der Waals surface area contributed by atoms with Gasteiger partial charge in [0.25, 0.3) is 5.91 Å². The molecule has 2 aliphatic heterocycles. The van der Waals surface area contributed by atoms with Gasteiger partial charge in [0, 0.05) is 52.0 Å². The Morgan fingerprint density at radius 3 is 2.30 bits per heavy atom. The van der Waals surface area contributed by atoms with Crippen molar-refractivity contribution in [1.82, 2.24) is 24.5 Å². The van der Waals surface area contributed by atoms with Gasteiger partial charge in [-0.1, -0.05) is 48.5 Å². The van der Waals surface area contributed by atoms with E-state index in [-0.39, 0.29) is 5.91 Å². The molecule has 1 saturated carbocycles. The van der Waals surface area contributed by atoms with Crippen LogP contribution in [0.15, 0.2) is 66.5 Å². The number of likely N-dealkylation sites (tertiary alicyclic amines) is 1. The average Bonchev–Trinajstić information content (AvgIpc) is 3.67. The van der Waals surface area contributed by atoms with Crippen LogP contribution in [-0.2, 0) is 6.54 Å². The topological polar surface area (TPSA) is 44.6 Å². The smallest absolute Gasteiger partial charge is 0.257 e. The Morgan fingerprint density at radius 1 is 0.838 bits per heavy atom. The van der Waals surface area contributed by atoms with Crippen LogP contribution in [0.25, 0.3) is 16.9 Å². The molecule has 1 aliphatic carbocycles. The molecule has 2 aromatic carbocycles. The zero-order valence-electron chi connectivity index (χ0n) is 21.9. The maximum absolute atomic E-state index is 13.0. The molecule has 0 N–H and O–H groups in total. The quantitative estimate of drug-likeness (QED) is 0.468. The van der Waals surface area contributed by atoms with Gasteiger partial charge < -0.3 is 9.80 Å². The summed E-state index contributed by atoms with van der Waals surface area (Å²) in [6.07, 6.45) is 9.44. The number of hydrogen-bond acceptors (Lipinski definition) is 4. The van der Waals surface area contributed by atoms with Gasteiger partial charge in [0.15, 0.2) is 0 Å². The van der Waals surface area contributed by atoms with Crippen LogP contribution < -0.4 is 0 Å². The fourth-order valence-corrected chi connectivity index (χ4v) is 5.69. The van der Waals surface area contributed by atoms with Gasteiger partial charge in [-0.15, -0.1) is 0 Å². The fraction of sp³-hybridized carbons (Fsp3) is 0.419. The molecule has 3 heterocycles. The Hall–Kier alpha value is -3.38. The molecular weight excluding hydrogens is 458 g/mol. The molecule has 0 atom stereocenters. The van der Waals surface area contributed by atoms with Crippen LogP contribution in [0, 0.1) is 6.92 Å². The highest BCUT2D eigenvalue weighted by molar-refractivity contribution is 5.94. The molecule has 192 valence electrons. The minimum atomic E-state index is 0.129. The molecule has 0 spiro atoms. The van der Waals surface area contributed by atoms with E-state index in [1.807, 2.05) is 15.8 Å². The van der Waals surface area contributed by atoms with Gasteiger partial charge >= 0.3 is 0 Å². The molecule has 3 aromatic rings. The van der Waals surface area contributed by atoms with Gasteiger partial charge in [0.1, 0.15) is 5.82 Å².